The second-order valence-electron chi connectivity index (χ2n) is 5.29. The van der Waals surface area contributed by atoms with Gasteiger partial charge in [-0.25, -0.2) is 0 Å². The summed E-state index contributed by atoms with van der Waals surface area (Å²) >= 11 is 0. The lowest BCUT2D eigenvalue weighted by molar-refractivity contribution is -0.142. The third-order valence-corrected chi connectivity index (χ3v) is 3.52. The van der Waals surface area contributed by atoms with Crippen LogP contribution in [0.15, 0.2) is 23.8 Å². The van der Waals surface area contributed by atoms with Gasteiger partial charge in [-0.1, -0.05) is 6.92 Å². The molecule has 1 aromatic rings. The van der Waals surface area contributed by atoms with Crippen LogP contribution in [0.3, 0.4) is 0 Å². The Morgan fingerprint density at radius 1 is 1.45 bits per heavy atom. The Morgan fingerprint density at radius 2 is 2.18 bits per heavy atom. The summed E-state index contributed by atoms with van der Waals surface area (Å²) in [5, 5.41) is 8.92. The van der Waals surface area contributed by atoms with E-state index >= 15 is 0 Å². The lowest BCUT2D eigenvalue weighted by Gasteiger charge is -2.23. The lowest BCUT2D eigenvalue weighted by atomic mass is 10.1. The molecule has 1 aliphatic heterocycles. The number of likely N-dealkylation sites (N-methyl/N-ethyl adjacent to an activating group) is 1. The van der Waals surface area contributed by atoms with E-state index in [-0.39, 0.29) is 19.1 Å². The molecule has 2 rings (SSSR count). The van der Waals surface area contributed by atoms with Crippen LogP contribution in [0.4, 0.5) is 0 Å². The fourth-order valence-corrected chi connectivity index (χ4v) is 2.22. The highest BCUT2D eigenvalue weighted by Crippen LogP contribution is 2.30. The number of carboxylic acids is 1. The molecule has 1 aromatic carbocycles. The molecule has 6 nitrogen and oxygen atoms in total. The number of fused-ring (bicyclic) bond motifs is 1. The van der Waals surface area contributed by atoms with Crippen molar-refractivity contribution >= 4 is 18.0 Å². The van der Waals surface area contributed by atoms with E-state index in [1.165, 1.54) is 4.90 Å². The van der Waals surface area contributed by atoms with Crippen LogP contribution in [0.1, 0.15) is 12.5 Å². The van der Waals surface area contributed by atoms with Crippen molar-refractivity contribution in [2.75, 3.05) is 27.3 Å². The third-order valence-electron chi connectivity index (χ3n) is 3.52. The summed E-state index contributed by atoms with van der Waals surface area (Å²) < 4.78 is 10.7. The summed E-state index contributed by atoms with van der Waals surface area (Å²) in [6.07, 6.45) is 1.76. The zero-order valence-electron chi connectivity index (χ0n) is 12.8. The molecule has 0 bridgehead atoms. The fraction of sp³-hybridized carbons (Fsp3) is 0.375. The molecule has 0 radical (unpaired) electrons. The number of carboxylic acid groups (broad SMARTS) is 1. The minimum absolute atomic E-state index is 0.149. The maximum atomic E-state index is 12.4. The van der Waals surface area contributed by atoms with Gasteiger partial charge in [-0.05, 0) is 24.3 Å². The minimum Gasteiger partial charge on any atom is -0.497 e. The number of amides is 1. The molecule has 0 aliphatic carbocycles. The summed E-state index contributed by atoms with van der Waals surface area (Å²) in [6.45, 7) is 1.89. The van der Waals surface area contributed by atoms with Crippen LogP contribution in [0, 0.1) is 5.92 Å². The molecule has 1 unspecified atom stereocenters. The van der Waals surface area contributed by atoms with Crippen molar-refractivity contribution in [2.45, 2.75) is 6.92 Å². The maximum absolute atomic E-state index is 12.4. The Kier molecular flexibility index (Phi) is 4.70. The van der Waals surface area contributed by atoms with Gasteiger partial charge in [-0.3, -0.25) is 9.59 Å². The quantitative estimate of drug-likeness (QED) is 0.895. The molecule has 22 heavy (non-hydrogen) atoms. The van der Waals surface area contributed by atoms with Crippen LogP contribution in [0.5, 0.6) is 11.5 Å². The molecule has 6 heteroatoms. The standard InChI is InChI=1S/C16H19NO5/c1-10(16(19)20)8-17(2)15(18)12-6-11-7-13(21-3)4-5-14(11)22-9-12/h4-7,10H,8-9H2,1-3H3,(H,19,20). The number of benzene rings is 1. The van der Waals surface area contributed by atoms with Crippen molar-refractivity contribution in [3.63, 3.8) is 0 Å². The number of rotatable bonds is 5. The molecule has 0 aromatic heterocycles. The highest BCUT2D eigenvalue weighted by atomic mass is 16.5. The summed E-state index contributed by atoms with van der Waals surface area (Å²) in [5.41, 5.74) is 1.26. The zero-order chi connectivity index (χ0) is 16.3. The molecular weight excluding hydrogens is 286 g/mol. The van der Waals surface area contributed by atoms with E-state index in [1.807, 2.05) is 0 Å². The third kappa shape index (κ3) is 3.39. The van der Waals surface area contributed by atoms with Gasteiger partial charge in [-0.15, -0.1) is 0 Å². The summed E-state index contributed by atoms with van der Waals surface area (Å²) in [5.74, 6) is -0.407. The smallest absolute Gasteiger partial charge is 0.308 e. The van der Waals surface area contributed by atoms with Crippen molar-refractivity contribution in [1.29, 1.82) is 0 Å². The van der Waals surface area contributed by atoms with Gasteiger partial charge in [0.05, 0.1) is 18.6 Å². The molecule has 1 aliphatic rings. The molecule has 1 amide bonds. The fourth-order valence-electron chi connectivity index (χ4n) is 2.22. The van der Waals surface area contributed by atoms with E-state index in [2.05, 4.69) is 0 Å². The van der Waals surface area contributed by atoms with E-state index in [9.17, 15) is 9.59 Å². The average molecular weight is 305 g/mol. The first-order valence-corrected chi connectivity index (χ1v) is 6.92. The molecule has 118 valence electrons. The predicted octanol–water partition coefficient (Wildman–Crippen LogP) is 1.65. The largest absolute Gasteiger partial charge is 0.497 e. The first kappa shape index (κ1) is 15.9. The number of carbonyl (C=O) groups excluding carboxylic acids is 1. The van der Waals surface area contributed by atoms with Crippen LogP contribution in [-0.4, -0.2) is 49.2 Å². The van der Waals surface area contributed by atoms with E-state index in [0.29, 0.717) is 17.1 Å². The van der Waals surface area contributed by atoms with Crippen molar-refractivity contribution in [1.82, 2.24) is 4.90 Å². The second kappa shape index (κ2) is 6.51. The molecule has 0 fully saturated rings. The molecule has 1 atom stereocenters. The molecule has 0 saturated carbocycles. The van der Waals surface area contributed by atoms with E-state index in [0.717, 1.165) is 5.56 Å². The topological polar surface area (TPSA) is 76.1 Å². The van der Waals surface area contributed by atoms with Crippen LogP contribution >= 0.6 is 0 Å². The first-order chi connectivity index (χ1) is 10.4. The van der Waals surface area contributed by atoms with Gasteiger partial charge >= 0.3 is 5.97 Å². The normalized spacial score (nSPS) is 14.2. The summed E-state index contributed by atoms with van der Waals surface area (Å²) in [4.78, 5) is 24.7. The van der Waals surface area contributed by atoms with E-state index in [4.69, 9.17) is 14.6 Å². The Morgan fingerprint density at radius 3 is 2.82 bits per heavy atom. The number of aliphatic carboxylic acids is 1. The van der Waals surface area contributed by atoms with Crippen LogP contribution in [-0.2, 0) is 9.59 Å². The minimum atomic E-state index is -0.927. The summed E-state index contributed by atoms with van der Waals surface area (Å²) in [7, 11) is 3.16. The van der Waals surface area contributed by atoms with Gasteiger partial charge in [0, 0.05) is 19.2 Å². The molecule has 0 spiro atoms. The predicted molar refractivity (Wildman–Crippen MR) is 80.9 cm³/mol. The number of hydrogen-bond acceptors (Lipinski definition) is 4. The highest BCUT2D eigenvalue weighted by Gasteiger charge is 2.23. The molecule has 1 heterocycles. The second-order valence-corrected chi connectivity index (χ2v) is 5.29. The van der Waals surface area contributed by atoms with Gasteiger partial charge in [0.15, 0.2) is 0 Å². The van der Waals surface area contributed by atoms with Crippen molar-refractivity contribution < 1.29 is 24.2 Å². The van der Waals surface area contributed by atoms with Gasteiger partial charge in [0.1, 0.15) is 18.1 Å². The monoisotopic (exact) mass is 305 g/mol. The van der Waals surface area contributed by atoms with E-state index < -0.39 is 11.9 Å². The van der Waals surface area contributed by atoms with Crippen LogP contribution in [0.2, 0.25) is 0 Å². The van der Waals surface area contributed by atoms with Gasteiger partial charge in [0.25, 0.3) is 5.91 Å². The Labute approximate surface area is 128 Å². The van der Waals surface area contributed by atoms with Gasteiger partial charge in [-0.2, -0.15) is 0 Å². The van der Waals surface area contributed by atoms with Crippen molar-refractivity contribution in [3.8, 4) is 11.5 Å². The molecule has 0 saturated heterocycles. The molecule has 1 N–H and O–H groups in total. The Bertz CT molecular complexity index is 623. The van der Waals surface area contributed by atoms with E-state index in [1.54, 1.807) is 45.4 Å². The zero-order valence-corrected chi connectivity index (χ0v) is 12.8. The lowest BCUT2D eigenvalue weighted by Crippen LogP contribution is -2.36. The maximum Gasteiger partial charge on any atom is 0.308 e. The Hall–Kier alpha value is -2.50. The Balaban J connectivity index is 2.16. The van der Waals surface area contributed by atoms with Crippen molar-refractivity contribution in [2.24, 2.45) is 5.92 Å². The number of hydrogen-bond donors (Lipinski definition) is 1. The SMILES string of the molecule is COc1ccc2c(c1)C=C(C(=O)N(C)CC(C)C(=O)O)CO2. The number of ether oxygens (including phenoxy) is 2. The van der Waals surface area contributed by atoms with Gasteiger partial charge < -0.3 is 19.5 Å². The highest BCUT2D eigenvalue weighted by molar-refractivity contribution is 5.99. The number of nitrogens with zero attached hydrogens (tertiary/aromatic N) is 1. The van der Waals surface area contributed by atoms with Crippen molar-refractivity contribution in [3.05, 3.63) is 29.3 Å². The van der Waals surface area contributed by atoms with Gasteiger partial charge in [0.2, 0.25) is 0 Å². The number of methoxy groups -OCH3 is 1. The summed E-state index contributed by atoms with van der Waals surface area (Å²) in [6, 6.07) is 5.38. The average Bonchev–Trinajstić information content (AvgIpc) is 2.52. The first-order valence-electron chi connectivity index (χ1n) is 6.92. The molecular formula is C16H19NO5. The van der Waals surface area contributed by atoms with Crippen LogP contribution in [0.25, 0.3) is 6.08 Å². The van der Waals surface area contributed by atoms with Crippen LogP contribution < -0.4 is 9.47 Å². The number of carbonyl (C=O) groups is 2.